The van der Waals surface area contributed by atoms with Crippen LogP contribution >= 0.6 is 34.9 Å². The second-order valence-electron chi connectivity index (χ2n) is 4.71. The Kier molecular flexibility index (Phi) is 3.97. The van der Waals surface area contributed by atoms with Crippen molar-refractivity contribution in [3.05, 3.63) is 16.1 Å². The molecule has 1 unspecified atom stereocenters. The Labute approximate surface area is 134 Å². The highest BCUT2D eigenvalue weighted by atomic mass is 35.5. The van der Waals surface area contributed by atoms with Gasteiger partial charge < -0.3 is 10.6 Å². The summed E-state index contributed by atoms with van der Waals surface area (Å²) in [6.07, 6.45) is 0.863. The van der Waals surface area contributed by atoms with Crippen LogP contribution in [0.5, 0.6) is 0 Å². The van der Waals surface area contributed by atoms with Gasteiger partial charge >= 0.3 is 0 Å². The van der Waals surface area contributed by atoms with Gasteiger partial charge in [0, 0.05) is 13.0 Å². The van der Waals surface area contributed by atoms with Gasteiger partial charge in [-0.15, -0.1) is 0 Å². The lowest BCUT2D eigenvalue weighted by molar-refractivity contribution is -0.126. The predicted octanol–water partition coefficient (Wildman–Crippen LogP) is 2.46. The summed E-state index contributed by atoms with van der Waals surface area (Å²) in [4.78, 5) is 23.4. The van der Waals surface area contributed by atoms with Crippen molar-refractivity contribution < 1.29 is 9.59 Å². The SMILES string of the molecule is O=C1CCC(C(=O)Nc2c(Cl)cc(Cl)c3nsnc23)CN1. The van der Waals surface area contributed by atoms with Gasteiger partial charge in [0.25, 0.3) is 0 Å². The fraction of sp³-hybridized carbons (Fsp3) is 0.333. The number of anilines is 1. The molecular weight excluding hydrogens is 335 g/mol. The van der Waals surface area contributed by atoms with Gasteiger partial charge in [-0.2, -0.15) is 8.75 Å². The summed E-state index contributed by atoms with van der Waals surface area (Å²) < 4.78 is 8.21. The third-order valence-electron chi connectivity index (χ3n) is 3.33. The van der Waals surface area contributed by atoms with Crippen LogP contribution in [0.15, 0.2) is 6.07 Å². The number of amides is 2. The van der Waals surface area contributed by atoms with Gasteiger partial charge in [-0.1, -0.05) is 23.2 Å². The summed E-state index contributed by atoms with van der Waals surface area (Å²) >= 11 is 13.2. The molecule has 3 rings (SSSR count). The van der Waals surface area contributed by atoms with Crippen LogP contribution in [0.3, 0.4) is 0 Å². The van der Waals surface area contributed by atoms with Gasteiger partial charge in [0.1, 0.15) is 11.0 Å². The van der Waals surface area contributed by atoms with E-state index in [0.29, 0.717) is 46.2 Å². The minimum Gasteiger partial charge on any atom is -0.355 e. The molecule has 1 fully saturated rings. The van der Waals surface area contributed by atoms with Crippen LogP contribution in [-0.4, -0.2) is 27.1 Å². The Balaban J connectivity index is 1.86. The number of hydrogen-bond donors (Lipinski definition) is 2. The first-order valence-electron chi connectivity index (χ1n) is 6.24. The molecule has 0 aliphatic carbocycles. The summed E-state index contributed by atoms with van der Waals surface area (Å²) in [5.74, 6) is -0.515. The summed E-state index contributed by atoms with van der Waals surface area (Å²) in [6.45, 7) is 0.328. The van der Waals surface area contributed by atoms with E-state index in [4.69, 9.17) is 23.2 Å². The molecule has 2 aromatic rings. The van der Waals surface area contributed by atoms with Gasteiger partial charge in [0.05, 0.1) is 33.4 Å². The fourth-order valence-corrected chi connectivity index (χ4v) is 3.33. The van der Waals surface area contributed by atoms with E-state index in [9.17, 15) is 9.59 Å². The molecule has 1 saturated heterocycles. The van der Waals surface area contributed by atoms with Crippen molar-refractivity contribution in [1.82, 2.24) is 14.1 Å². The second-order valence-corrected chi connectivity index (χ2v) is 6.05. The van der Waals surface area contributed by atoms with Gasteiger partial charge in [0.15, 0.2) is 0 Å². The average molecular weight is 345 g/mol. The number of nitrogens with one attached hydrogen (secondary N) is 2. The number of nitrogens with zero attached hydrogens (tertiary/aromatic N) is 2. The highest BCUT2D eigenvalue weighted by Gasteiger charge is 2.26. The monoisotopic (exact) mass is 344 g/mol. The minimum absolute atomic E-state index is 0.0327. The molecule has 2 N–H and O–H groups in total. The van der Waals surface area contributed by atoms with Gasteiger partial charge in [-0.25, -0.2) is 0 Å². The van der Waals surface area contributed by atoms with E-state index in [-0.39, 0.29) is 17.7 Å². The lowest BCUT2D eigenvalue weighted by atomic mass is 9.98. The molecule has 1 aromatic carbocycles. The Morgan fingerprint density at radius 3 is 2.81 bits per heavy atom. The number of rotatable bonds is 2. The number of hydrogen-bond acceptors (Lipinski definition) is 5. The highest BCUT2D eigenvalue weighted by Crippen LogP contribution is 2.35. The lowest BCUT2D eigenvalue weighted by Crippen LogP contribution is -2.40. The number of carbonyl (C=O) groups is 2. The molecule has 1 aliphatic heterocycles. The standard InChI is InChI=1S/C12H10Cl2N4O2S/c13-6-3-7(14)10-11(18-21-17-10)9(6)16-12(20)5-1-2-8(19)15-4-5/h3,5H,1-2,4H2,(H,15,19)(H,16,20). The van der Waals surface area contributed by atoms with Crippen molar-refractivity contribution in [2.45, 2.75) is 12.8 Å². The molecule has 1 aliphatic rings. The molecule has 1 atom stereocenters. The van der Waals surface area contributed by atoms with Crippen molar-refractivity contribution in [1.29, 1.82) is 0 Å². The van der Waals surface area contributed by atoms with E-state index in [1.807, 2.05) is 0 Å². The Morgan fingerprint density at radius 1 is 1.33 bits per heavy atom. The summed E-state index contributed by atoms with van der Waals surface area (Å²) in [7, 11) is 0. The van der Waals surface area contributed by atoms with E-state index in [1.165, 1.54) is 6.07 Å². The van der Waals surface area contributed by atoms with E-state index in [1.54, 1.807) is 0 Å². The first-order valence-corrected chi connectivity index (χ1v) is 7.72. The average Bonchev–Trinajstić information content (AvgIpc) is 2.93. The minimum atomic E-state index is -0.281. The van der Waals surface area contributed by atoms with Crippen molar-refractivity contribution >= 4 is 63.5 Å². The smallest absolute Gasteiger partial charge is 0.229 e. The molecule has 6 nitrogen and oxygen atoms in total. The normalized spacial score (nSPS) is 18.6. The van der Waals surface area contributed by atoms with E-state index >= 15 is 0 Å². The summed E-state index contributed by atoms with van der Waals surface area (Å²) in [5.41, 5.74) is 1.40. The molecule has 0 radical (unpaired) electrons. The topological polar surface area (TPSA) is 84.0 Å². The zero-order valence-corrected chi connectivity index (χ0v) is 13.0. The molecule has 0 saturated carbocycles. The lowest BCUT2D eigenvalue weighted by Gasteiger charge is -2.21. The molecule has 1 aromatic heterocycles. The molecule has 21 heavy (non-hydrogen) atoms. The quantitative estimate of drug-likeness (QED) is 0.876. The fourth-order valence-electron chi connectivity index (χ4n) is 2.17. The van der Waals surface area contributed by atoms with Crippen molar-refractivity contribution in [2.75, 3.05) is 11.9 Å². The van der Waals surface area contributed by atoms with E-state index in [0.717, 1.165) is 11.7 Å². The molecular formula is C12H10Cl2N4O2S. The number of halogens is 2. The Bertz CT molecular complexity index is 723. The number of carbonyl (C=O) groups excluding carboxylic acids is 2. The van der Waals surface area contributed by atoms with Crippen LogP contribution in [0.1, 0.15) is 12.8 Å². The van der Waals surface area contributed by atoms with E-state index in [2.05, 4.69) is 19.4 Å². The molecule has 110 valence electrons. The number of piperidine rings is 1. The molecule has 9 heteroatoms. The number of fused-ring (bicyclic) bond motifs is 1. The maximum atomic E-state index is 12.3. The molecule has 0 spiro atoms. The van der Waals surface area contributed by atoms with E-state index < -0.39 is 0 Å². The zero-order chi connectivity index (χ0) is 15.0. The van der Waals surface area contributed by atoms with Crippen LogP contribution in [-0.2, 0) is 9.59 Å². The molecule has 0 bridgehead atoms. The highest BCUT2D eigenvalue weighted by molar-refractivity contribution is 7.00. The van der Waals surface area contributed by atoms with Crippen molar-refractivity contribution in [3.8, 4) is 0 Å². The first-order chi connectivity index (χ1) is 10.1. The van der Waals surface area contributed by atoms with Crippen molar-refractivity contribution in [3.63, 3.8) is 0 Å². The van der Waals surface area contributed by atoms with Crippen molar-refractivity contribution in [2.24, 2.45) is 5.92 Å². The molecule has 2 amide bonds. The number of aromatic nitrogens is 2. The maximum absolute atomic E-state index is 12.3. The largest absolute Gasteiger partial charge is 0.355 e. The maximum Gasteiger partial charge on any atom is 0.229 e. The third-order valence-corrected chi connectivity index (χ3v) is 4.44. The summed E-state index contributed by atoms with van der Waals surface area (Å²) in [6, 6.07) is 1.53. The summed E-state index contributed by atoms with van der Waals surface area (Å²) in [5, 5.41) is 6.16. The van der Waals surface area contributed by atoms with Crippen LogP contribution in [0.4, 0.5) is 5.69 Å². The van der Waals surface area contributed by atoms with Crippen LogP contribution < -0.4 is 10.6 Å². The zero-order valence-electron chi connectivity index (χ0n) is 10.7. The van der Waals surface area contributed by atoms with Crippen LogP contribution in [0, 0.1) is 5.92 Å². The Morgan fingerprint density at radius 2 is 2.10 bits per heavy atom. The second kappa shape index (κ2) is 5.75. The third kappa shape index (κ3) is 2.81. The number of benzene rings is 1. The van der Waals surface area contributed by atoms with Gasteiger partial charge in [-0.3, -0.25) is 9.59 Å². The first kappa shape index (κ1) is 14.5. The Hall–Kier alpha value is -1.44. The van der Waals surface area contributed by atoms with Gasteiger partial charge in [0.2, 0.25) is 11.8 Å². The molecule has 2 heterocycles. The van der Waals surface area contributed by atoms with Crippen LogP contribution in [0.25, 0.3) is 11.0 Å². The van der Waals surface area contributed by atoms with Gasteiger partial charge in [-0.05, 0) is 12.5 Å². The van der Waals surface area contributed by atoms with Crippen LogP contribution in [0.2, 0.25) is 10.0 Å². The predicted molar refractivity (Wildman–Crippen MR) is 81.8 cm³/mol.